The Morgan fingerprint density at radius 3 is 2.44 bits per heavy atom. The minimum absolute atomic E-state index is 0.0512. The fourth-order valence-electron chi connectivity index (χ4n) is 5.68. The van der Waals surface area contributed by atoms with Gasteiger partial charge in [-0.15, -0.1) is 0 Å². The molecule has 1 fully saturated rings. The summed E-state index contributed by atoms with van der Waals surface area (Å²) < 4.78 is 24.8. The number of H-pyrrole nitrogens is 1. The van der Waals surface area contributed by atoms with Crippen molar-refractivity contribution in [1.82, 2.24) is 15.2 Å². The molecule has 2 N–H and O–H groups in total. The third kappa shape index (κ3) is 6.53. The molecule has 0 radical (unpaired) electrons. The van der Waals surface area contributed by atoms with Gasteiger partial charge >= 0.3 is 0 Å². The molecular formula is C33H36FN3O4. The molecule has 7 nitrogen and oxygen atoms in total. The van der Waals surface area contributed by atoms with E-state index in [9.17, 15) is 14.0 Å². The second-order valence-electron chi connectivity index (χ2n) is 10.5. The number of hydrogen-bond acceptors (Lipinski definition) is 4. The van der Waals surface area contributed by atoms with E-state index in [1.165, 1.54) is 19.2 Å². The van der Waals surface area contributed by atoms with Crippen molar-refractivity contribution >= 4 is 22.7 Å². The van der Waals surface area contributed by atoms with Gasteiger partial charge in [-0.3, -0.25) is 9.59 Å². The fourth-order valence-corrected chi connectivity index (χ4v) is 5.68. The van der Waals surface area contributed by atoms with Gasteiger partial charge in [0.05, 0.1) is 20.6 Å². The summed E-state index contributed by atoms with van der Waals surface area (Å²) in [4.78, 5) is 33.2. The van der Waals surface area contributed by atoms with Crippen LogP contribution in [0.4, 0.5) is 4.39 Å². The predicted octanol–water partition coefficient (Wildman–Crippen LogP) is 6.09. The predicted molar refractivity (Wildman–Crippen MR) is 156 cm³/mol. The first-order chi connectivity index (χ1) is 20.0. The van der Waals surface area contributed by atoms with Gasteiger partial charge in [-0.05, 0) is 59.9 Å². The molecule has 3 aromatic carbocycles. The third-order valence-corrected chi connectivity index (χ3v) is 7.84. The van der Waals surface area contributed by atoms with E-state index in [1.807, 2.05) is 30.5 Å². The summed E-state index contributed by atoms with van der Waals surface area (Å²) >= 11 is 0. The highest BCUT2D eigenvalue weighted by atomic mass is 19.1. The van der Waals surface area contributed by atoms with Gasteiger partial charge in [-0.1, -0.05) is 55.7 Å². The molecule has 5 rings (SSSR count). The van der Waals surface area contributed by atoms with E-state index in [2.05, 4.69) is 10.3 Å². The van der Waals surface area contributed by atoms with Crippen LogP contribution in [0, 0.1) is 5.82 Å². The van der Waals surface area contributed by atoms with Crippen LogP contribution in [0.5, 0.6) is 11.5 Å². The number of aromatic amines is 1. The number of nitrogens with zero attached hydrogens (tertiary/aromatic N) is 1. The monoisotopic (exact) mass is 557 g/mol. The van der Waals surface area contributed by atoms with Crippen LogP contribution in [0.25, 0.3) is 10.9 Å². The molecule has 1 saturated carbocycles. The maximum atomic E-state index is 14.2. The number of fused-ring (bicyclic) bond motifs is 1. The number of ether oxygens (including phenoxy) is 2. The molecular weight excluding hydrogens is 521 g/mol. The number of aromatic nitrogens is 1. The van der Waals surface area contributed by atoms with Crippen molar-refractivity contribution in [2.45, 2.75) is 57.2 Å². The lowest BCUT2D eigenvalue weighted by Gasteiger charge is -2.34. The molecule has 0 bridgehead atoms. The molecule has 1 aliphatic rings. The Labute approximate surface area is 239 Å². The van der Waals surface area contributed by atoms with Gasteiger partial charge in [0, 0.05) is 29.7 Å². The lowest BCUT2D eigenvalue weighted by molar-refractivity contribution is -0.141. The normalized spacial score (nSPS) is 14.4. The molecule has 1 aromatic heterocycles. The average molecular weight is 558 g/mol. The van der Waals surface area contributed by atoms with Crippen molar-refractivity contribution in [3.8, 4) is 11.5 Å². The van der Waals surface area contributed by atoms with Crippen molar-refractivity contribution in [3.05, 3.63) is 95.4 Å². The molecule has 1 atom stereocenters. The Hall–Kier alpha value is -4.33. The number of hydrogen-bond donors (Lipinski definition) is 2. The molecule has 0 unspecified atom stereocenters. The Bertz CT molecular complexity index is 1490. The highest BCUT2D eigenvalue weighted by Crippen LogP contribution is 2.34. The Kier molecular flexibility index (Phi) is 8.87. The highest BCUT2D eigenvalue weighted by molar-refractivity contribution is 5.92. The molecule has 0 aliphatic heterocycles. The summed E-state index contributed by atoms with van der Waals surface area (Å²) in [5, 5.41) is 4.19. The first-order valence-electron chi connectivity index (χ1n) is 14.1. The van der Waals surface area contributed by atoms with E-state index in [4.69, 9.17) is 9.47 Å². The zero-order valence-electron chi connectivity index (χ0n) is 23.5. The number of amides is 2. The molecule has 2 amide bonds. The molecule has 214 valence electrons. The van der Waals surface area contributed by atoms with E-state index in [0.717, 1.165) is 54.1 Å². The zero-order chi connectivity index (χ0) is 28.8. The molecule has 1 heterocycles. The van der Waals surface area contributed by atoms with Crippen molar-refractivity contribution in [2.24, 2.45) is 0 Å². The van der Waals surface area contributed by atoms with E-state index in [-0.39, 0.29) is 36.6 Å². The first kappa shape index (κ1) is 28.2. The summed E-state index contributed by atoms with van der Waals surface area (Å²) in [5.41, 5.74) is 3.10. The topological polar surface area (TPSA) is 83.7 Å². The number of carbonyl (C=O) groups excluding carboxylic acids is 2. The van der Waals surface area contributed by atoms with E-state index < -0.39 is 6.04 Å². The van der Waals surface area contributed by atoms with Crippen molar-refractivity contribution in [2.75, 3.05) is 14.2 Å². The molecule has 0 spiro atoms. The number of rotatable bonds is 10. The van der Waals surface area contributed by atoms with E-state index in [0.29, 0.717) is 17.1 Å². The number of methoxy groups -OCH3 is 2. The summed E-state index contributed by atoms with van der Waals surface area (Å²) in [6, 6.07) is 18.2. The number of benzene rings is 3. The van der Waals surface area contributed by atoms with Crippen molar-refractivity contribution < 1.29 is 23.5 Å². The molecule has 1 aliphatic carbocycles. The SMILES string of the molecule is COc1ccc([C@H](C(=O)NC2CCCCC2)N(Cc2ccc(F)cc2)C(=O)Cc2c[nH]c3ccccc23)cc1OC. The van der Waals surface area contributed by atoms with Crippen LogP contribution in [-0.4, -0.2) is 42.0 Å². The van der Waals surface area contributed by atoms with Gasteiger partial charge in [-0.25, -0.2) is 4.39 Å². The smallest absolute Gasteiger partial charge is 0.247 e. The summed E-state index contributed by atoms with van der Waals surface area (Å²) in [5.74, 6) is 0.150. The fraction of sp³-hybridized carbons (Fsp3) is 0.333. The summed E-state index contributed by atoms with van der Waals surface area (Å²) in [6.07, 6.45) is 7.02. The van der Waals surface area contributed by atoms with E-state index >= 15 is 0 Å². The van der Waals surface area contributed by atoms with Gasteiger partial charge in [0.25, 0.3) is 0 Å². The van der Waals surface area contributed by atoms with Crippen LogP contribution in [0.3, 0.4) is 0 Å². The average Bonchev–Trinajstić information content (AvgIpc) is 3.40. The van der Waals surface area contributed by atoms with Gasteiger partial charge in [-0.2, -0.15) is 0 Å². The number of para-hydroxylation sites is 1. The Morgan fingerprint density at radius 1 is 0.976 bits per heavy atom. The van der Waals surface area contributed by atoms with Crippen LogP contribution in [0.15, 0.2) is 72.9 Å². The molecule has 41 heavy (non-hydrogen) atoms. The number of halogens is 1. The molecule has 0 saturated heterocycles. The molecule has 4 aromatic rings. The lowest BCUT2D eigenvalue weighted by atomic mass is 9.94. The van der Waals surface area contributed by atoms with Crippen molar-refractivity contribution in [1.29, 1.82) is 0 Å². The van der Waals surface area contributed by atoms with Gasteiger partial charge in [0.15, 0.2) is 11.5 Å². The van der Waals surface area contributed by atoms with Crippen LogP contribution in [0.1, 0.15) is 54.8 Å². The minimum Gasteiger partial charge on any atom is -0.493 e. The van der Waals surface area contributed by atoms with Crippen LogP contribution in [0.2, 0.25) is 0 Å². The maximum absolute atomic E-state index is 14.2. The molecule has 8 heteroatoms. The van der Waals surface area contributed by atoms with Crippen LogP contribution in [-0.2, 0) is 22.6 Å². The standard InChI is InChI=1S/C33H36FN3O4/c1-40-29-17-14-23(18-30(29)41-2)32(33(39)36-26-8-4-3-5-9-26)37(21-22-12-15-25(34)16-13-22)31(38)19-24-20-35-28-11-7-6-10-27(24)28/h6-7,10-18,20,26,32,35H,3-5,8-9,19,21H2,1-2H3,(H,36,39)/t32-/m1/s1. The highest BCUT2D eigenvalue weighted by Gasteiger charge is 2.34. The maximum Gasteiger partial charge on any atom is 0.247 e. The quantitative estimate of drug-likeness (QED) is 0.247. The van der Waals surface area contributed by atoms with Gasteiger partial charge < -0.3 is 24.7 Å². The van der Waals surface area contributed by atoms with Gasteiger partial charge in [0.2, 0.25) is 11.8 Å². The van der Waals surface area contributed by atoms with Crippen molar-refractivity contribution in [3.63, 3.8) is 0 Å². The Balaban J connectivity index is 1.56. The largest absolute Gasteiger partial charge is 0.493 e. The Morgan fingerprint density at radius 2 is 1.71 bits per heavy atom. The first-order valence-corrected chi connectivity index (χ1v) is 14.1. The lowest BCUT2D eigenvalue weighted by Crippen LogP contribution is -2.47. The number of carbonyl (C=O) groups is 2. The van der Waals surface area contributed by atoms with E-state index in [1.54, 1.807) is 42.3 Å². The minimum atomic E-state index is -0.945. The third-order valence-electron chi connectivity index (χ3n) is 7.84. The zero-order valence-corrected chi connectivity index (χ0v) is 23.5. The van der Waals surface area contributed by atoms with Crippen LogP contribution < -0.4 is 14.8 Å². The summed E-state index contributed by atoms with van der Waals surface area (Å²) in [6.45, 7) is 0.124. The number of nitrogens with one attached hydrogen (secondary N) is 2. The summed E-state index contributed by atoms with van der Waals surface area (Å²) in [7, 11) is 3.09. The second-order valence-corrected chi connectivity index (χ2v) is 10.5. The van der Waals surface area contributed by atoms with Crippen LogP contribution >= 0.6 is 0 Å². The second kappa shape index (κ2) is 12.9. The van der Waals surface area contributed by atoms with Gasteiger partial charge in [0.1, 0.15) is 11.9 Å².